The highest BCUT2D eigenvalue weighted by atomic mass is 35.5. The molecule has 0 aliphatic carbocycles. The highest BCUT2D eigenvalue weighted by Crippen LogP contribution is 2.34. The molecule has 38 heavy (non-hydrogen) atoms. The fraction of sp³-hybridized carbons (Fsp3) is 0.143. The van der Waals surface area contributed by atoms with Crippen molar-refractivity contribution < 1.29 is 19.4 Å². The van der Waals surface area contributed by atoms with Crippen LogP contribution in [0.4, 0.5) is 0 Å². The number of carboxylic acids is 1. The van der Waals surface area contributed by atoms with Crippen molar-refractivity contribution in [3.8, 4) is 29.0 Å². The average Bonchev–Trinajstić information content (AvgIpc) is 3.34. The normalized spacial score (nSPS) is 11.2. The molecule has 10 heteroatoms. The van der Waals surface area contributed by atoms with E-state index in [1.54, 1.807) is 48.5 Å². The van der Waals surface area contributed by atoms with Crippen LogP contribution >= 0.6 is 23.4 Å². The van der Waals surface area contributed by atoms with E-state index in [2.05, 4.69) is 16.3 Å². The number of benzene rings is 3. The molecule has 4 rings (SSSR count). The minimum Gasteiger partial charge on any atom is -0.493 e. The van der Waals surface area contributed by atoms with Gasteiger partial charge in [0, 0.05) is 22.7 Å². The van der Waals surface area contributed by atoms with E-state index >= 15 is 0 Å². The van der Waals surface area contributed by atoms with Crippen LogP contribution in [0.5, 0.6) is 11.5 Å². The van der Waals surface area contributed by atoms with Gasteiger partial charge in [-0.25, -0.2) is 4.79 Å². The van der Waals surface area contributed by atoms with E-state index in [9.17, 15) is 15.2 Å². The highest BCUT2D eigenvalue weighted by Gasteiger charge is 2.19. The second-order valence-electron chi connectivity index (χ2n) is 7.94. The number of nitriles is 1. The zero-order valence-electron chi connectivity index (χ0n) is 20.6. The molecule has 0 radical (unpaired) electrons. The first kappa shape index (κ1) is 26.8. The van der Waals surface area contributed by atoms with Crippen LogP contribution in [-0.2, 0) is 17.9 Å². The Morgan fingerprint density at radius 2 is 1.89 bits per heavy atom. The van der Waals surface area contributed by atoms with Crippen LogP contribution in [0.15, 0.2) is 76.8 Å². The van der Waals surface area contributed by atoms with Crippen LogP contribution in [0.2, 0.25) is 5.02 Å². The van der Waals surface area contributed by atoms with E-state index in [-0.39, 0.29) is 11.5 Å². The number of nitrogens with zero attached hydrogens (tertiary/aromatic N) is 4. The number of methoxy groups -OCH3 is 1. The summed E-state index contributed by atoms with van der Waals surface area (Å²) in [7, 11) is 1.51. The van der Waals surface area contributed by atoms with Gasteiger partial charge in [-0.2, -0.15) is 5.26 Å². The van der Waals surface area contributed by atoms with Gasteiger partial charge in [0.1, 0.15) is 11.5 Å². The number of aliphatic carboxylic acids is 1. The summed E-state index contributed by atoms with van der Waals surface area (Å²) in [6.45, 7) is 2.68. The van der Waals surface area contributed by atoms with Crippen molar-refractivity contribution in [2.75, 3.05) is 7.11 Å². The predicted octanol–water partition coefficient (Wildman–Crippen LogP) is 6.30. The molecule has 0 saturated heterocycles. The SMILES string of the molecule is CCn1c(S/C(=C\c2ccc(OCc3ccccc3C#N)c(OC)c2)C(=O)O)nnc1-c1ccc(Cl)cc1. The third-order valence-corrected chi connectivity index (χ3v) is 6.80. The molecule has 0 aliphatic rings. The van der Waals surface area contributed by atoms with E-state index < -0.39 is 5.97 Å². The van der Waals surface area contributed by atoms with Gasteiger partial charge >= 0.3 is 5.97 Å². The number of carbonyl (C=O) groups is 1. The van der Waals surface area contributed by atoms with Crippen LogP contribution in [0, 0.1) is 11.3 Å². The zero-order chi connectivity index (χ0) is 27.1. The van der Waals surface area contributed by atoms with Gasteiger partial charge < -0.3 is 19.1 Å². The average molecular weight is 547 g/mol. The molecular weight excluding hydrogens is 524 g/mol. The monoisotopic (exact) mass is 546 g/mol. The molecule has 8 nitrogen and oxygen atoms in total. The summed E-state index contributed by atoms with van der Waals surface area (Å²) < 4.78 is 13.2. The molecule has 0 spiro atoms. The van der Waals surface area contributed by atoms with E-state index in [1.165, 1.54) is 7.11 Å². The minimum atomic E-state index is -1.10. The van der Waals surface area contributed by atoms with Gasteiger partial charge in [0.05, 0.1) is 18.7 Å². The smallest absolute Gasteiger partial charge is 0.342 e. The Morgan fingerprint density at radius 3 is 2.58 bits per heavy atom. The number of hydrogen-bond donors (Lipinski definition) is 1. The van der Waals surface area contributed by atoms with Gasteiger partial charge in [-0.05, 0) is 72.8 Å². The lowest BCUT2D eigenvalue weighted by Gasteiger charge is -2.12. The number of ether oxygens (including phenoxy) is 2. The second kappa shape index (κ2) is 12.3. The molecule has 1 aromatic heterocycles. The summed E-state index contributed by atoms with van der Waals surface area (Å²) in [5.41, 5.74) is 2.73. The number of thioether (sulfide) groups is 1. The topological polar surface area (TPSA) is 110 Å². The number of aromatic nitrogens is 3. The summed E-state index contributed by atoms with van der Waals surface area (Å²) in [5, 5.41) is 28.8. The Hall–Kier alpha value is -4.26. The van der Waals surface area contributed by atoms with Crippen molar-refractivity contribution in [3.63, 3.8) is 0 Å². The highest BCUT2D eigenvalue weighted by molar-refractivity contribution is 8.04. The Morgan fingerprint density at radius 1 is 1.13 bits per heavy atom. The first-order valence-electron chi connectivity index (χ1n) is 11.5. The maximum atomic E-state index is 12.1. The van der Waals surface area contributed by atoms with E-state index in [1.807, 2.05) is 35.8 Å². The Bertz CT molecular complexity index is 1530. The third-order valence-electron chi connectivity index (χ3n) is 5.55. The van der Waals surface area contributed by atoms with E-state index in [4.69, 9.17) is 21.1 Å². The summed E-state index contributed by atoms with van der Waals surface area (Å²) in [5.74, 6) is 0.434. The van der Waals surface area contributed by atoms with Crippen LogP contribution in [0.25, 0.3) is 17.5 Å². The molecule has 0 aliphatic heterocycles. The molecule has 0 atom stereocenters. The van der Waals surface area contributed by atoms with Gasteiger partial charge in [0.2, 0.25) is 0 Å². The number of rotatable bonds is 10. The van der Waals surface area contributed by atoms with Crippen LogP contribution in [0.3, 0.4) is 0 Å². The molecule has 0 saturated carbocycles. The molecule has 3 aromatic carbocycles. The Labute approximate surface area is 229 Å². The van der Waals surface area contributed by atoms with Crippen molar-refractivity contribution in [1.82, 2.24) is 14.8 Å². The lowest BCUT2D eigenvalue weighted by Crippen LogP contribution is -2.03. The standard InChI is InChI=1S/C28H23ClN4O4S/c1-3-33-26(19-9-11-22(29)12-10-19)31-32-28(33)38-25(27(34)35)15-18-8-13-23(24(14-18)36-2)37-17-21-7-5-4-6-20(21)16-30/h4-15H,3,17H2,1-2H3,(H,34,35)/b25-15-. The van der Waals surface area contributed by atoms with Crippen molar-refractivity contribution in [2.24, 2.45) is 0 Å². The number of halogens is 1. The Balaban J connectivity index is 1.57. The third kappa shape index (κ3) is 6.17. The van der Waals surface area contributed by atoms with Gasteiger partial charge in [-0.1, -0.05) is 35.9 Å². The molecule has 0 fully saturated rings. The van der Waals surface area contributed by atoms with Gasteiger partial charge in [-0.3, -0.25) is 0 Å². The minimum absolute atomic E-state index is 0.0634. The van der Waals surface area contributed by atoms with E-state index in [0.29, 0.717) is 45.2 Å². The quantitative estimate of drug-likeness (QED) is 0.182. The lowest BCUT2D eigenvalue weighted by atomic mass is 10.1. The summed E-state index contributed by atoms with van der Waals surface area (Å²) in [6.07, 6.45) is 1.54. The first-order chi connectivity index (χ1) is 18.4. The fourth-order valence-electron chi connectivity index (χ4n) is 3.65. The molecule has 1 N–H and O–H groups in total. The largest absolute Gasteiger partial charge is 0.493 e. The number of carboxylic acid groups (broad SMARTS) is 1. The molecule has 0 bridgehead atoms. The summed E-state index contributed by atoms with van der Waals surface area (Å²) >= 11 is 7.01. The second-order valence-corrected chi connectivity index (χ2v) is 9.39. The van der Waals surface area contributed by atoms with Crippen LogP contribution in [0.1, 0.15) is 23.6 Å². The lowest BCUT2D eigenvalue weighted by molar-refractivity contribution is -0.131. The molecule has 1 heterocycles. The number of hydrogen-bond acceptors (Lipinski definition) is 7. The molecular formula is C28H23ClN4O4S. The predicted molar refractivity (Wildman–Crippen MR) is 146 cm³/mol. The van der Waals surface area contributed by atoms with Crippen LogP contribution in [-0.4, -0.2) is 33.0 Å². The van der Waals surface area contributed by atoms with Crippen molar-refractivity contribution >= 4 is 35.4 Å². The van der Waals surface area contributed by atoms with Crippen molar-refractivity contribution in [3.05, 3.63) is 93.3 Å². The maximum absolute atomic E-state index is 12.1. The van der Waals surface area contributed by atoms with Crippen molar-refractivity contribution in [2.45, 2.75) is 25.2 Å². The van der Waals surface area contributed by atoms with Gasteiger partial charge in [0.25, 0.3) is 0 Å². The van der Waals surface area contributed by atoms with Gasteiger partial charge in [0.15, 0.2) is 22.5 Å². The summed E-state index contributed by atoms with van der Waals surface area (Å²) in [6, 6.07) is 21.7. The van der Waals surface area contributed by atoms with E-state index in [0.717, 1.165) is 22.9 Å². The summed E-state index contributed by atoms with van der Waals surface area (Å²) in [4.78, 5) is 12.2. The van der Waals surface area contributed by atoms with Crippen molar-refractivity contribution in [1.29, 1.82) is 5.26 Å². The Kier molecular flexibility index (Phi) is 8.69. The first-order valence-corrected chi connectivity index (χ1v) is 12.7. The van der Waals surface area contributed by atoms with Gasteiger partial charge in [-0.15, -0.1) is 10.2 Å². The molecule has 4 aromatic rings. The fourth-order valence-corrected chi connectivity index (χ4v) is 4.66. The molecule has 192 valence electrons. The molecule has 0 amide bonds. The molecule has 0 unspecified atom stereocenters. The zero-order valence-corrected chi connectivity index (χ0v) is 22.2. The maximum Gasteiger partial charge on any atom is 0.342 e. The van der Waals surface area contributed by atoms with Crippen LogP contribution < -0.4 is 9.47 Å².